The van der Waals surface area contributed by atoms with Gasteiger partial charge in [-0.1, -0.05) is 24.3 Å². The molecule has 3 aromatic rings. The summed E-state index contributed by atoms with van der Waals surface area (Å²) in [7, 11) is 0. The second kappa shape index (κ2) is 5.09. The molecule has 1 unspecified atom stereocenters. The summed E-state index contributed by atoms with van der Waals surface area (Å²) in [6.45, 7) is 0. The molecule has 3 N–H and O–H groups in total. The lowest BCUT2D eigenvalue weighted by Crippen LogP contribution is -2.29. The predicted molar refractivity (Wildman–Crippen MR) is 72.9 cm³/mol. The second-order valence-electron chi connectivity index (χ2n) is 4.18. The molecule has 1 atom stereocenters. The van der Waals surface area contributed by atoms with Gasteiger partial charge in [-0.2, -0.15) is 0 Å². The van der Waals surface area contributed by atoms with Crippen LogP contribution in [0.15, 0.2) is 55.2 Å². The minimum Gasteiger partial charge on any atom is -0.271 e. The summed E-state index contributed by atoms with van der Waals surface area (Å²) >= 11 is 0. The summed E-state index contributed by atoms with van der Waals surface area (Å²) in [6.07, 6.45) is 6.87. The maximum absolute atomic E-state index is 5.69. The van der Waals surface area contributed by atoms with Crippen LogP contribution in [0.3, 0.4) is 0 Å². The van der Waals surface area contributed by atoms with E-state index in [1.165, 1.54) is 6.33 Å². The van der Waals surface area contributed by atoms with Gasteiger partial charge in [0.15, 0.2) is 0 Å². The van der Waals surface area contributed by atoms with Gasteiger partial charge in [0.2, 0.25) is 0 Å². The van der Waals surface area contributed by atoms with Gasteiger partial charge >= 0.3 is 0 Å². The van der Waals surface area contributed by atoms with Gasteiger partial charge in [0.1, 0.15) is 6.33 Å². The molecule has 0 spiro atoms. The molecule has 19 heavy (non-hydrogen) atoms. The minimum absolute atomic E-state index is 0.207. The Balaban J connectivity index is 2.17. The van der Waals surface area contributed by atoms with Gasteiger partial charge in [-0.3, -0.25) is 10.8 Å². The highest BCUT2D eigenvalue weighted by Gasteiger charge is 2.16. The summed E-state index contributed by atoms with van der Waals surface area (Å²) in [5.74, 6) is 5.69. The molecule has 5 heteroatoms. The zero-order valence-corrected chi connectivity index (χ0v) is 10.2. The molecule has 0 saturated heterocycles. The molecule has 0 aliphatic heterocycles. The van der Waals surface area contributed by atoms with Crippen LogP contribution in [-0.4, -0.2) is 15.0 Å². The fourth-order valence-corrected chi connectivity index (χ4v) is 2.18. The van der Waals surface area contributed by atoms with E-state index in [0.717, 1.165) is 22.0 Å². The van der Waals surface area contributed by atoms with Crippen molar-refractivity contribution in [1.82, 2.24) is 20.4 Å². The number of rotatable bonds is 3. The van der Waals surface area contributed by atoms with E-state index in [1.807, 2.05) is 36.7 Å². The third-order valence-electron chi connectivity index (χ3n) is 3.08. The summed E-state index contributed by atoms with van der Waals surface area (Å²) in [5.41, 5.74) is 4.61. The number of nitrogens with zero attached hydrogens (tertiary/aromatic N) is 3. The van der Waals surface area contributed by atoms with Crippen molar-refractivity contribution < 1.29 is 0 Å². The van der Waals surface area contributed by atoms with Crippen LogP contribution in [0.25, 0.3) is 10.8 Å². The van der Waals surface area contributed by atoms with E-state index in [2.05, 4.69) is 26.4 Å². The topological polar surface area (TPSA) is 76.7 Å². The second-order valence-corrected chi connectivity index (χ2v) is 4.18. The Bertz CT molecular complexity index is 678. The quantitative estimate of drug-likeness (QED) is 0.546. The van der Waals surface area contributed by atoms with Gasteiger partial charge in [-0.15, -0.1) is 0 Å². The average molecular weight is 251 g/mol. The van der Waals surface area contributed by atoms with Crippen LogP contribution >= 0.6 is 0 Å². The highest BCUT2D eigenvalue weighted by molar-refractivity contribution is 5.85. The van der Waals surface area contributed by atoms with Crippen LogP contribution in [0, 0.1) is 0 Å². The number of aromatic nitrogens is 3. The molecule has 0 fully saturated rings. The van der Waals surface area contributed by atoms with Crippen molar-refractivity contribution in [2.45, 2.75) is 6.04 Å². The Labute approximate surface area is 110 Å². The summed E-state index contributed by atoms with van der Waals surface area (Å²) in [4.78, 5) is 12.4. The Kier molecular flexibility index (Phi) is 3.14. The van der Waals surface area contributed by atoms with E-state index in [-0.39, 0.29) is 6.04 Å². The molecule has 2 heterocycles. The van der Waals surface area contributed by atoms with Crippen LogP contribution in [0.1, 0.15) is 17.3 Å². The van der Waals surface area contributed by atoms with E-state index in [4.69, 9.17) is 5.84 Å². The average Bonchev–Trinajstić information content (AvgIpc) is 2.49. The molecule has 5 nitrogen and oxygen atoms in total. The lowest BCUT2D eigenvalue weighted by molar-refractivity contribution is 0.621. The molecule has 0 radical (unpaired) electrons. The van der Waals surface area contributed by atoms with Crippen LogP contribution in [0.2, 0.25) is 0 Å². The summed E-state index contributed by atoms with van der Waals surface area (Å²) < 4.78 is 0. The van der Waals surface area contributed by atoms with Crippen molar-refractivity contribution in [3.8, 4) is 0 Å². The maximum atomic E-state index is 5.69. The van der Waals surface area contributed by atoms with Gasteiger partial charge in [0.05, 0.1) is 11.7 Å². The molecular formula is C14H13N5. The molecule has 1 aromatic carbocycles. The summed E-state index contributed by atoms with van der Waals surface area (Å²) in [5, 5.41) is 2.19. The first kappa shape index (κ1) is 11.7. The maximum Gasteiger partial charge on any atom is 0.115 e. The number of nitrogens with one attached hydrogen (secondary N) is 1. The van der Waals surface area contributed by atoms with E-state index < -0.39 is 0 Å². The summed E-state index contributed by atoms with van der Waals surface area (Å²) in [6, 6.07) is 9.70. The molecule has 0 aliphatic carbocycles. The molecule has 2 aromatic heterocycles. The van der Waals surface area contributed by atoms with Crippen molar-refractivity contribution in [2.24, 2.45) is 5.84 Å². The van der Waals surface area contributed by atoms with Crippen molar-refractivity contribution >= 4 is 10.8 Å². The molecule has 94 valence electrons. The van der Waals surface area contributed by atoms with Crippen LogP contribution < -0.4 is 11.3 Å². The first-order valence-electron chi connectivity index (χ1n) is 5.95. The van der Waals surface area contributed by atoms with Gasteiger partial charge in [-0.25, -0.2) is 15.4 Å². The van der Waals surface area contributed by atoms with Gasteiger partial charge in [0.25, 0.3) is 0 Å². The van der Waals surface area contributed by atoms with E-state index in [1.54, 1.807) is 6.20 Å². The fraction of sp³-hybridized carbons (Fsp3) is 0.0714. The number of hydrazine groups is 1. The number of hydrogen-bond acceptors (Lipinski definition) is 5. The van der Waals surface area contributed by atoms with Crippen molar-refractivity contribution in [1.29, 1.82) is 0 Å². The molecule has 0 bridgehead atoms. The predicted octanol–water partition coefficient (Wildman–Crippen LogP) is 1.58. The Hall–Kier alpha value is -2.37. The van der Waals surface area contributed by atoms with Crippen LogP contribution in [0.4, 0.5) is 0 Å². The van der Waals surface area contributed by atoms with Crippen LogP contribution in [-0.2, 0) is 0 Å². The van der Waals surface area contributed by atoms with Crippen molar-refractivity contribution in [2.75, 3.05) is 0 Å². The molecular weight excluding hydrogens is 238 g/mol. The van der Waals surface area contributed by atoms with E-state index >= 15 is 0 Å². The third kappa shape index (κ3) is 2.16. The normalized spacial score (nSPS) is 12.5. The zero-order chi connectivity index (χ0) is 13.1. The Morgan fingerprint density at radius 2 is 1.95 bits per heavy atom. The van der Waals surface area contributed by atoms with Crippen molar-refractivity contribution in [3.05, 3.63) is 66.5 Å². The minimum atomic E-state index is -0.207. The molecule has 0 aliphatic rings. The highest BCUT2D eigenvalue weighted by Crippen LogP contribution is 2.26. The van der Waals surface area contributed by atoms with E-state index in [0.29, 0.717) is 0 Å². The van der Waals surface area contributed by atoms with Gasteiger partial charge in [0, 0.05) is 29.5 Å². The number of fused-ring (bicyclic) bond motifs is 1. The monoisotopic (exact) mass is 251 g/mol. The standard InChI is InChI=1S/C14H13N5/c15-19-14(13-5-6-16-9-18-13)12-8-17-7-10-3-1-2-4-11(10)12/h1-9,14,19H,15H2. The number of nitrogens with two attached hydrogens (primary N) is 1. The number of benzene rings is 1. The number of pyridine rings is 1. The van der Waals surface area contributed by atoms with Crippen molar-refractivity contribution in [3.63, 3.8) is 0 Å². The zero-order valence-electron chi connectivity index (χ0n) is 10.2. The third-order valence-corrected chi connectivity index (χ3v) is 3.08. The molecule has 0 amide bonds. The smallest absolute Gasteiger partial charge is 0.115 e. The molecule has 0 saturated carbocycles. The van der Waals surface area contributed by atoms with Gasteiger partial charge < -0.3 is 0 Å². The first-order chi connectivity index (χ1) is 9.40. The lowest BCUT2D eigenvalue weighted by atomic mass is 10.00. The fourth-order valence-electron chi connectivity index (χ4n) is 2.18. The first-order valence-corrected chi connectivity index (χ1v) is 5.95. The SMILES string of the molecule is NNC(c1ccncn1)c1cncc2ccccc12. The Morgan fingerprint density at radius 1 is 1.05 bits per heavy atom. The highest BCUT2D eigenvalue weighted by atomic mass is 15.2. The number of hydrogen-bond donors (Lipinski definition) is 2. The van der Waals surface area contributed by atoms with Crippen LogP contribution in [0.5, 0.6) is 0 Å². The lowest BCUT2D eigenvalue weighted by Gasteiger charge is -2.17. The van der Waals surface area contributed by atoms with Gasteiger partial charge in [-0.05, 0) is 11.5 Å². The van der Waals surface area contributed by atoms with E-state index in [9.17, 15) is 0 Å². The Morgan fingerprint density at radius 3 is 2.74 bits per heavy atom. The molecule has 3 rings (SSSR count). The largest absolute Gasteiger partial charge is 0.271 e.